The van der Waals surface area contributed by atoms with E-state index in [0.29, 0.717) is 0 Å². The van der Waals surface area contributed by atoms with Crippen LogP contribution in [0.15, 0.2) is 249 Å². The van der Waals surface area contributed by atoms with Gasteiger partial charge in [-0.05, 0) is 191 Å². The van der Waals surface area contributed by atoms with Crippen LogP contribution in [-0.4, -0.2) is 0 Å². The van der Waals surface area contributed by atoms with Crippen molar-refractivity contribution in [3.05, 3.63) is 271 Å². The summed E-state index contributed by atoms with van der Waals surface area (Å²) in [6.45, 7) is 0. The zero-order chi connectivity index (χ0) is 48.3. The molecule has 10 aromatic carbocycles. The quantitative estimate of drug-likeness (QED) is 0.135. The van der Waals surface area contributed by atoms with Gasteiger partial charge >= 0.3 is 0 Å². The Balaban J connectivity index is 0.825. The minimum absolute atomic E-state index is 0.0694. The molecule has 2 saturated carbocycles. The van der Waals surface area contributed by atoms with Gasteiger partial charge in [0.25, 0.3) is 0 Å². The van der Waals surface area contributed by atoms with Crippen molar-refractivity contribution in [3.8, 4) is 33.4 Å². The van der Waals surface area contributed by atoms with Crippen molar-refractivity contribution in [2.24, 2.45) is 0 Å². The Bertz CT molecular complexity index is 3570. The maximum Gasteiger partial charge on any atom is 0.0465 e. The molecular formula is C70H57N3. The smallest absolute Gasteiger partial charge is 0.0465 e. The number of benzene rings is 10. The Morgan fingerprint density at radius 3 is 0.836 bits per heavy atom. The van der Waals surface area contributed by atoms with Crippen LogP contribution in [0.2, 0.25) is 0 Å². The van der Waals surface area contributed by atoms with Crippen molar-refractivity contribution in [2.75, 3.05) is 14.7 Å². The maximum atomic E-state index is 2.52. The van der Waals surface area contributed by atoms with Crippen LogP contribution in [-0.2, 0) is 10.8 Å². The molecule has 14 rings (SSSR count). The molecule has 3 nitrogen and oxygen atoms in total. The standard InChI is InChI=1S/C70H57N3/c1-4-18-52(19-5-1)71(53-20-6-2-7-21-53)57-36-38-58(39-37-57)73(60-41-43-64-62-25-11-13-27-66(62)70(68(64)49-60)46-16-17-47-70)56-34-30-51(31-35-56)50-28-32-55(33-29-50)72(54-22-8-3-9-23-54)59-40-42-63-61-24-10-12-26-65(61)69(67(63)48-59)44-14-15-45-69/h1-13,18-43,48-49H,14-17,44-47H2. The fourth-order valence-electron chi connectivity index (χ4n) is 13.6. The molecule has 4 aliphatic rings. The van der Waals surface area contributed by atoms with Gasteiger partial charge in [-0.3, -0.25) is 0 Å². The Kier molecular flexibility index (Phi) is 10.5. The number of hydrogen-bond donors (Lipinski definition) is 0. The fourth-order valence-corrected chi connectivity index (χ4v) is 13.6. The Morgan fingerprint density at radius 1 is 0.219 bits per heavy atom. The minimum Gasteiger partial charge on any atom is -0.311 e. The average Bonchev–Trinajstić information content (AvgIpc) is 4.28. The fraction of sp³-hybridized carbons (Fsp3) is 0.143. The number of para-hydroxylation sites is 3. The van der Waals surface area contributed by atoms with Gasteiger partial charge < -0.3 is 14.7 Å². The van der Waals surface area contributed by atoms with E-state index >= 15 is 0 Å². The van der Waals surface area contributed by atoms with E-state index in [2.05, 4.69) is 263 Å². The molecule has 4 aliphatic carbocycles. The van der Waals surface area contributed by atoms with Crippen LogP contribution in [0.5, 0.6) is 0 Å². The molecular weight excluding hydrogens is 883 g/mol. The summed E-state index contributed by atoms with van der Waals surface area (Å²) in [6.07, 6.45) is 9.91. The maximum absolute atomic E-state index is 2.52. The molecule has 10 aromatic rings. The van der Waals surface area contributed by atoms with Crippen LogP contribution in [0.3, 0.4) is 0 Å². The second kappa shape index (κ2) is 17.7. The molecule has 0 heterocycles. The van der Waals surface area contributed by atoms with Crippen LogP contribution >= 0.6 is 0 Å². The minimum atomic E-state index is 0.0694. The van der Waals surface area contributed by atoms with Crippen LogP contribution in [0, 0.1) is 0 Å². The lowest BCUT2D eigenvalue weighted by molar-refractivity contribution is 0.550. The molecule has 0 atom stereocenters. The largest absolute Gasteiger partial charge is 0.311 e. The first-order valence-corrected chi connectivity index (χ1v) is 26.5. The van der Waals surface area contributed by atoms with E-state index in [9.17, 15) is 0 Å². The Hall–Kier alpha value is -8.40. The highest BCUT2D eigenvalue weighted by atomic mass is 15.2. The number of anilines is 9. The molecule has 352 valence electrons. The summed E-state index contributed by atoms with van der Waals surface area (Å²) >= 11 is 0. The lowest BCUT2D eigenvalue weighted by Crippen LogP contribution is -2.21. The van der Waals surface area contributed by atoms with Crippen molar-refractivity contribution >= 4 is 51.2 Å². The van der Waals surface area contributed by atoms with Crippen LogP contribution in [0.25, 0.3) is 33.4 Å². The van der Waals surface area contributed by atoms with Gasteiger partial charge in [0.2, 0.25) is 0 Å². The van der Waals surface area contributed by atoms with Gasteiger partial charge in [-0.2, -0.15) is 0 Å². The molecule has 0 unspecified atom stereocenters. The summed E-state index contributed by atoms with van der Waals surface area (Å²) in [4.78, 5) is 7.23. The van der Waals surface area contributed by atoms with Crippen LogP contribution < -0.4 is 14.7 Å². The third-order valence-corrected chi connectivity index (χ3v) is 16.9. The monoisotopic (exact) mass is 939 g/mol. The predicted octanol–water partition coefficient (Wildman–Crippen LogP) is 19.4. The van der Waals surface area contributed by atoms with E-state index in [-0.39, 0.29) is 10.8 Å². The van der Waals surface area contributed by atoms with Gasteiger partial charge in [0.05, 0.1) is 0 Å². The average molecular weight is 940 g/mol. The SMILES string of the molecule is c1ccc(N(c2ccccc2)c2ccc(N(c3ccc(-c4ccc(N(c5ccccc5)c5ccc6c(c5)C5(CCCC5)c5ccccc5-6)cc4)cc3)c3ccc4c(c3)C3(CCCC3)c3ccccc3-4)cc2)cc1. The summed E-state index contributed by atoms with van der Waals surface area (Å²) in [7, 11) is 0. The third kappa shape index (κ3) is 7.16. The molecule has 2 spiro atoms. The first-order valence-electron chi connectivity index (χ1n) is 26.5. The van der Waals surface area contributed by atoms with E-state index in [1.165, 1.54) is 118 Å². The van der Waals surface area contributed by atoms with E-state index in [1.807, 2.05) is 0 Å². The molecule has 0 aromatic heterocycles. The first kappa shape index (κ1) is 43.4. The van der Waals surface area contributed by atoms with Crippen molar-refractivity contribution in [3.63, 3.8) is 0 Å². The van der Waals surface area contributed by atoms with Crippen molar-refractivity contribution < 1.29 is 0 Å². The van der Waals surface area contributed by atoms with E-state index in [0.717, 1.165) is 39.8 Å². The van der Waals surface area contributed by atoms with Gasteiger partial charge in [-0.1, -0.05) is 165 Å². The van der Waals surface area contributed by atoms with E-state index < -0.39 is 0 Å². The second-order valence-electron chi connectivity index (χ2n) is 20.8. The summed E-state index contributed by atoms with van der Waals surface area (Å²) in [5.41, 5.74) is 24.5. The molecule has 73 heavy (non-hydrogen) atoms. The molecule has 2 fully saturated rings. The molecule has 0 saturated heterocycles. The van der Waals surface area contributed by atoms with Crippen LogP contribution in [0.1, 0.15) is 73.6 Å². The van der Waals surface area contributed by atoms with E-state index in [1.54, 1.807) is 0 Å². The summed E-state index contributed by atoms with van der Waals surface area (Å²) in [6, 6.07) is 92.6. The van der Waals surface area contributed by atoms with E-state index in [4.69, 9.17) is 0 Å². The lowest BCUT2D eigenvalue weighted by atomic mass is 9.76. The first-order chi connectivity index (χ1) is 36.1. The predicted molar refractivity (Wildman–Crippen MR) is 305 cm³/mol. The normalized spacial score (nSPS) is 15.2. The summed E-state index contributed by atoms with van der Waals surface area (Å²) < 4.78 is 0. The molecule has 0 radical (unpaired) electrons. The van der Waals surface area contributed by atoms with Gasteiger partial charge in [-0.25, -0.2) is 0 Å². The summed E-state index contributed by atoms with van der Waals surface area (Å²) in [5.74, 6) is 0. The zero-order valence-electron chi connectivity index (χ0n) is 41.2. The van der Waals surface area contributed by atoms with Gasteiger partial charge in [-0.15, -0.1) is 0 Å². The van der Waals surface area contributed by atoms with Gasteiger partial charge in [0, 0.05) is 62.0 Å². The third-order valence-electron chi connectivity index (χ3n) is 16.9. The van der Waals surface area contributed by atoms with Crippen molar-refractivity contribution in [2.45, 2.75) is 62.2 Å². The zero-order valence-corrected chi connectivity index (χ0v) is 41.2. The molecule has 0 N–H and O–H groups in total. The molecule has 0 amide bonds. The highest BCUT2D eigenvalue weighted by molar-refractivity contribution is 5.89. The molecule has 0 bridgehead atoms. The number of hydrogen-bond acceptors (Lipinski definition) is 3. The number of rotatable bonds is 10. The molecule has 3 heteroatoms. The van der Waals surface area contributed by atoms with Gasteiger partial charge in [0.1, 0.15) is 0 Å². The topological polar surface area (TPSA) is 9.72 Å². The second-order valence-corrected chi connectivity index (χ2v) is 20.8. The highest BCUT2D eigenvalue weighted by Gasteiger charge is 2.46. The van der Waals surface area contributed by atoms with Crippen molar-refractivity contribution in [1.82, 2.24) is 0 Å². The Morgan fingerprint density at radius 2 is 0.479 bits per heavy atom. The number of fused-ring (bicyclic) bond motifs is 10. The number of nitrogens with zero attached hydrogens (tertiary/aromatic N) is 3. The van der Waals surface area contributed by atoms with Crippen LogP contribution in [0.4, 0.5) is 51.2 Å². The Labute approximate surface area is 430 Å². The highest BCUT2D eigenvalue weighted by Crippen LogP contribution is 2.59. The molecule has 0 aliphatic heterocycles. The van der Waals surface area contributed by atoms with Gasteiger partial charge in [0.15, 0.2) is 0 Å². The summed E-state index contributed by atoms with van der Waals surface area (Å²) in [5, 5.41) is 0. The lowest BCUT2D eigenvalue weighted by Gasteiger charge is -2.31. The van der Waals surface area contributed by atoms with Crippen molar-refractivity contribution in [1.29, 1.82) is 0 Å².